The molecule has 0 N–H and O–H groups in total. The van der Waals surface area contributed by atoms with Crippen LogP contribution >= 0.6 is 7.14 Å². The van der Waals surface area contributed by atoms with Crippen molar-refractivity contribution in [1.82, 2.24) is 0 Å². The fourth-order valence-corrected chi connectivity index (χ4v) is 6.01. The number of allylic oxidation sites excluding steroid dienone is 1. The van der Waals surface area contributed by atoms with E-state index >= 15 is 0 Å². The van der Waals surface area contributed by atoms with Crippen molar-refractivity contribution in [3.8, 4) is 0 Å². The lowest BCUT2D eigenvalue weighted by Gasteiger charge is -2.18. The zero-order valence-corrected chi connectivity index (χ0v) is 17.1. The van der Waals surface area contributed by atoms with Crippen LogP contribution in [0.5, 0.6) is 0 Å². The lowest BCUT2D eigenvalue weighted by molar-refractivity contribution is 0.592. The fourth-order valence-electron chi connectivity index (χ4n) is 3.51. The second kappa shape index (κ2) is 8.90. The van der Waals surface area contributed by atoms with E-state index < -0.39 is 7.14 Å². The first-order valence-corrected chi connectivity index (χ1v) is 11.6. The molecule has 0 saturated carbocycles. The molecule has 0 fully saturated rings. The molecule has 0 bridgehead atoms. The van der Waals surface area contributed by atoms with E-state index in [1.165, 1.54) is 5.56 Å². The maximum absolute atomic E-state index is 14.5. The van der Waals surface area contributed by atoms with Crippen LogP contribution in [-0.2, 0) is 11.0 Å². The monoisotopic (exact) mass is 394 g/mol. The molecule has 2 heteroatoms. The van der Waals surface area contributed by atoms with Crippen molar-refractivity contribution < 1.29 is 4.57 Å². The molecule has 0 aliphatic rings. The van der Waals surface area contributed by atoms with Crippen LogP contribution in [0.15, 0.2) is 127 Å². The minimum atomic E-state index is -2.94. The van der Waals surface area contributed by atoms with Gasteiger partial charge in [-0.2, -0.15) is 0 Å². The van der Waals surface area contributed by atoms with Crippen molar-refractivity contribution >= 4 is 23.3 Å². The quantitative estimate of drug-likeness (QED) is 0.352. The van der Waals surface area contributed by atoms with Gasteiger partial charge >= 0.3 is 0 Å². The van der Waals surface area contributed by atoms with E-state index in [0.29, 0.717) is 0 Å². The van der Waals surface area contributed by atoms with Crippen molar-refractivity contribution in [2.24, 2.45) is 0 Å². The lowest BCUT2D eigenvalue weighted by atomic mass is 10.00. The molecule has 1 nitrogen and oxygen atoms in total. The van der Waals surface area contributed by atoms with Gasteiger partial charge in [-0.3, -0.25) is 0 Å². The highest BCUT2D eigenvalue weighted by atomic mass is 31.2. The first-order chi connectivity index (χ1) is 14.3. The van der Waals surface area contributed by atoms with Crippen molar-refractivity contribution in [2.45, 2.75) is 6.42 Å². The molecule has 0 aliphatic heterocycles. The summed E-state index contributed by atoms with van der Waals surface area (Å²) in [5.41, 5.74) is 3.38. The summed E-state index contributed by atoms with van der Waals surface area (Å²) in [5, 5.41) is 1.71. The Bertz CT molecular complexity index is 1070. The standard InChI is InChI=1S/C27H23OP/c28-29(26-17-9-3-10-18-26,27-19-11-4-12-20-27)22-25(24-15-7-2-8-16-24)21-23-13-5-1-6-14-23/h1-20,22H,21H2. The first-order valence-electron chi connectivity index (χ1n) is 9.78. The topological polar surface area (TPSA) is 17.1 Å². The van der Waals surface area contributed by atoms with Crippen LogP contribution in [0.3, 0.4) is 0 Å². The van der Waals surface area contributed by atoms with Gasteiger partial charge in [0, 0.05) is 10.6 Å². The predicted molar refractivity (Wildman–Crippen MR) is 124 cm³/mol. The molecular weight excluding hydrogens is 371 g/mol. The second-order valence-electron chi connectivity index (χ2n) is 7.01. The van der Waals surface area contributed by atoms with Crippen LogP contribution in [0.2, 0.25) is 0 Å². The number of rotatable bonds is 6. The summed E-state index contributed by atoms with van der Waals surface area (Å²) >= 11 is 0. The van der Waals surface area contributed by atoms with Gasteiger partial charge in [0.1, 0.15) is 0 Å². The van der Waals surface area contributed by atoms with E-state index in [4.69, 9.17) is 0 Å². The van der Waals surface area contributed by atoms with Crippen molar-refractivity contribution in [3.05, 3.63) is 138 Å². The Kier molecular flexibility index (Phi) is 5.89. The summed E-state index contributed by atoms with van der Waals surface area (Å²) in [7, 11) is -2.94. The van der Waals surface area contributed by atoms with Gasteiger partial charge in [0.15, 0.2) is 7.14 Å². The summed E-state index contributed by atoms with van der Waals surface area (Å²) in [6.45, 7) is 0. The van der Waals surface area contributed by atoms with Gasteiger partial charge in [-0.1, -0.05) is 121 Å². The van der Waals surface area contributed by atoms with E-state index in [1.54, 1.807) is 0 Å². The largest absolute Gasteiger partial charge is 0.309 e. The Hall–Kier alpha value is -3.15. The Morgan fingerprint density at radius 3 is 1.48 bits per heavy atom. The smallest absolute Gasteiger partial charge is 0.164 e. The van der Waals surface area contributed by atoms with E-state index in [9.17, 15) is 4.57 Å². The zero-order chi connectivity index (χ0) is 19.9. The van der Waals surface area contributed by atoms with Crippen molar-refractivity contribution in [3.63, 3.8) is 0 Å². The summed E-state index contributed by atoms with van der Waals surface area (Å²) in [4.78, 5) is 0. The van der Waals surface area contributed by atoms with Crippen LogP contribution in [0, 0.1) is 0 Å². The number of hydrogen-bond donors (Lipinski definition) is 0. The molecule has 0 heterocycles. The number of hydrogen-bond acceptors (Lipinski definition) is 1. The average molecular weight is 394 g/mol. The molecule has 4 aromatic carbocycles. The van der Waals surface area contributed by atoms with Crippen LogP contribution in [0.25, 0.3) is 5.57 Å². The molecule has 29 heavy (non-hydrogen) atoms. The zero-order valence-electron chi connectivity index (χ0n) is 16.2. The molecule has 4 aromatic rings. The Morgan fingerprint density at radius 2 is 1.00 bits per heavy atom. The van der Waals surface area contributed by atoms with E-state index in [0.717, 1.165) is 28.2 Å². The molecule has 0 unspecified atom stereocenters. The molecule has 0 atom stereocenters. The molecule has 0 spiro atoms. The minimum Gasteiger partial charge on any atom is -0.309 e. The number of benzene rings is 4. The Morgan fingerprint density at radius 1 is 0.586 bits per heavy atom. The molecule has 142 valence electrons. The lowest BCUT2D eigenvalue weighted by Crippen LogP contribution is -2.14. The summed E-state index contributed by atoms with van der Waals surface area (Å²) < 4.78 is 14.5. The third-order valence-corrected chi connectivity index (χ3v) is 7.81. The minimum absolute atomic E-state index is 0.731. The first kappa shape index (κ1) is 19.2. The van der Waals surface area contributed by atoms with Gasteiger partial charge in [-0.05, 0) is 28.9 Å². The highest BCUT2D eigenvalue weighted by molar-refractivity contribution is 7.81. The van der Waals surface area contributed by atoms with Gasteiger partial charge in [0.25, 0.3) is 0 Å². The van der Waals surface area contributed by atoms with Crippen molar-refractivity contribution in [1.29, 1.82) is 0 Å². The van der Waals surface area contributed by atoms with Crippen LogP contribution in [0.1, 0.15) is 11.1 Å². The van der Waals surface area contributed by atoms with Gasteiger partial charge in [0.2, 0.25) is 0 Å². The maximum Gasteiger partial charge on any atom is 0.164 e. The second-order valence-corrected chi connectivity index (χ2v) is 9.62. The van der Waals surface area contributed by atoms with Crippen LogP contribution in [0.4, 0.5) is 0 Å². The Labute approximate surface area is 172 Å². The summed E-state index contributed by atoms with van der Waals surface area (Å²) in [6.07, 6.45) is 0.731. The van der Waals surface area contributed by atoms with Gasteiger partial charge in [0.05, 0.1) is 0 Å². The molecule has 0 amide bonds. The van der Waals surface area contributed by atoms with Gasteiger partial charge < -0.3 is 4.57 Å². The molecule has 0 aromatic heterocycles. The van der Waals surface area contributed by atoms with Crippen LogP contribution < -0.4 is 10.6 Å². The summed E-state index contributed by atoms with van der Waals surface area (Å²) in [6, 6.07) is 40.2. The Balaban J connectivity index is 1.90. The fraction of sp³-hybridized carbons (Fsp3) is 0.0370. The summed E-state index contributed by atoms with van der Waals surface area (Å²) in [5.74, 6) is 2.01. The molecule has 4 rings (SSSR count). The van der Waals surface area contributed by atoms with Gasteiger partial charge in [-0.15, -0.1) is 0 Å². The van der Waals surface area contributed by atoms with Crippen LogP contribution in [-0.4, -0.2) is 0 Å². The van der Waals surface area contributed by atoms with E-state index in [2.05, 4.69) is 24.3 Å². The highest BCUT2D eigenvalue weighted by Crippen LogP contribution is 2.47. The SMILES string of the molecule is O=P(C=C(Cc1ccccc1)c1ccccc1)(c1ccccc1)c1ccccc1. The van der Waals surface area contributed by atoms with Crippen molar-refractivity contribution in [2.75, 3.05) is 0 Å². The normalized spacial score (nSPS) is 11.9. The predicted octanol–water partition coefficient (Wildman–Crippen LogP) is 6.28. The molecule has 0 aliphatic carbocycles. The molecular formula is C27H23OP. The highest BCUT2D eigenvalue weighted by Gasteiger charge is 2.25. The third kappa shape index (κ3) is 4.47. The third-order valence-electron chi connectivity index (χ3n) is 5.00. The van der Waals surface area contributed by atoms with Gasteiger partial charge in [-0.25, -0.2) is 0 Å². The average Bonchev–Trinajstić information content (AvgIpc) is 2.81. The van der Waals surface area contributed by atoms with E-state index in [-0.39, 0.29) is 0 Å². The molecule has 0 saturated heterocycles. The molecule has 0 radical (unpaired) electrons. The van der Waals surface area contributed by atoms with E-state index in [1.807, 2.05) is 103 Å². The maximum atomic E-state index is 14.5.